The van der Waals surface area contributed by atoms with E-state index in [1.165, 1.54) is 14.9 Å². The highest BCUT2D eigenvalue weighted by molar-refractivity contribution is 8.00. The second-order valence-corrected chi connectivity index (χ2v) is 17.2. The lowest BCUT2D eigenvalue weighted by molar-refractivity contribution is 0.102. The maximum atomic E-state index is 13.1. The summed E-state index contributed by atoms with van der Waals surface area (Å²) >= 11 is 1.55. The lowest BCUT2D eigenvalue weighted by Gasteiger charge is -2.43. The molecule has 0 radical (unpaired) electrons. The predicted octanol–water partition coefficient (Wildman–Crippen LogP) is 5.76. The van der Waals surface area contributed by atoms with Gasteiger partial charge in [0.05, 0.1) is 11.4 Å². The van der Waals surface area contributed by atoms with Gasteiger partial charge in [-0.3, -0.25) is 9.36 Å². The summed E-state index contributed by atoms with van der Waals surface area (Å²) in [5.41, 5.74) is 9.27. The van der Waals surface area contributed by atoms with Gasteiger partial charge in [0.15, 0.2) is 0 Å². The van der Waals surface area contributed by atoms with Crippen molar-refractivity contribution < 1.29 is 9.22 Å². The van der Waals surface area contributed by atoms with Crippen molar-refractivity contribution in [2.75, 3.05) is 11.9 Å². The second kappa shape index (κ2) is 13.0. The Morgan fingerprint density at radius 3 is 2.14 bits per heavy atom. The Balaban J connectivity index is 1.39. The Morgan fingerprint density at radius 2 is 1.60 bits per heavy atom. The van der Waals surface area contributed by atoms with Crippen LogP contribution in [-0.4, -0.2) is 41.7 Å². The molecule has 1 N–H and O–H groups in total. The van der Waals surface area contributed by atoms with Crippen LogP contribution < -0.4 is 21.4 Å². The molecule has 1 saturated heterocycles. The largest absolute Gasteiger partial charge is 0.406 e. The maximum Gasteiger partial charge on any atom is 0.350 e. The van der Waals surface area contributed by atoms with Crippen LogP contribution in [0.1, 0.15) is 42.9 Å². The van der Waals surface area contributed by atoms with E-state index in [9.17, 15) is 15.1 Å². The minimum absolute atomic E-state index is 0.0218. The van der Waals surface area contributed by atoms with Gasteiger partial charge in [-0.25, -0.2) is 4.79 Å². The average Bonchev–Trinajstić information content (AvgIpc) is 3.41. The highest BCUT2D eigenvalue weighted by atomic mass is 32.2. The van der Waals surface area contributed by atoms with E-state index in [0.29, 0.717) is 18.6 Å². The van der Waals surface area contributed by atoms with E-state index >= 15 is 0 Å². The Morgan fingerprint density at radius 1 is 1.02 bits per heavy atom. The van der Waals surface area contributed by atoms with Crippen molar-refractivity contribution in [1.29, 1.82) is 0 Å². The first-order valence-electron chi connectivity index (χ1n) is 14.1. The SMILES string of the molecule is CC(C)(C)[Si](OC[C@H]1CC(N=[N+]=[N-])[C@H](n2ccc(NC(=O)c3ccccc3)nc2=O)S1)(c1ccccc1)c1ccccc1. The molecule has 2 heterocycles. The molecule has 0 spiro atoms. The van der Waals surface area contributed by atoms with Crippen molar-refractivity contribution in [2.24, 2.45) is 5.11 Å². The van der Waals surface area contributed by atoms with Gasteiger partial charge in [-0.15, -0.1) is 11.8 Å². The minimum Gasteiger partial charge on any atom is -0.406 e. The smallest absolute Gasteiger partial charge is 0.350 e. The molecule has 43 heavy (non-hydrogen) atoms. The predicted molar refractivity (Wildman–Crippen MR) is 174 cm³/mol. The van der Waals surface area contributed by atoms with Crippen LogP contribution in [0.2, 0.25) is 5.04 Å². The van der Waals surface area contributed by atoms with E-state index in [2.05, 4.69) is 89.6 Å². The van der Waals surface area contributed by atoms with E-state index in [1.807, 2.05) is 18.2 Å². The zero-order chi connectivity index (χ0) is 30.5. The van der Waals surface area contributed by atoms with E-state index in [0.717, 1.165) is 0 Å². The molecule has 220 valence electrons. The molecule has 9 nitrogen and oxygen atoms in total. The number of nitrogens with one attached hydrogen (secondary N) is 1. The highest BCUT2D eigenvalue weighted by Crippen LogP contribution is 2.44. The lowest BCUT2D eigenvalue weighted by Crippen LogP contribution is -2.67. The van der Waals surface area contributed by atoms with Crippen molar-refractivity contribution in [3.63, 3.8) is 0 Å². The molecule has 0 bridgehead atoms. The normalized spacial score (nSPS) is 18.5. The van der Waals surface area contributed by atoms with Gasteiger partial charge in [0.1, 0.15) is 5.82 Å². The van der Waals surface area contributed by atoms with Gasteiger partial charge >= 0.3 is 5.69 Å². The van der Waals surface area contributed by atoms with Crippen molar-refractivity contribution in [1.82, 2.24) is 9.55 Å². The molecule has 1 aliphatic heterocycles. The molecule has 1 aromatic heterocycles. The number of hydrogen-bond acceptors (Lipinski definition) is 6. The third-order valence-electron chi connectivity index (χ3n) is 7.65. The number of nitrogens with zero attached hydrogens (tertiary/aromatic N) is 5. The number of azide groups is 1. The summed E-state index contributed by atoms with van der Waals surface area (Å²) in [6.07, 6.45) is 2.15. The zero-order valence-corrected chi connectivity index (χ0v) is 26.1. The summed E-state index contributed by atoms with van der Waals surface area (Å²) in [6, 6.07) is 30.7. The Kier molecular flexibility index (Phi) is 9.17. The van der Waals surface area contributed by atoms with Gasteiger partial charge in [-0.2, -0.15) is 4.98 Å². The van der Waals surface area contributed by atoms with Crippen LogP contribution in [0.4, 0.5) is 5.82 Å². The monoisotopic (exact) mass is 610 g/mol. The van der Waals surface area contributed by atoms with Gasteiger partial charge < -0.3 is 9.74 Å². The lowest BCUT2D eigenvalue weighted by atomic mass is 10.2. The molecule has 5 rings (SSSR count). The van der Waals surface area contributed by atoms with Crippen molar-refractivity contribution in [3.05, 3.63) is 130 Å². The molecule has 1 unspecified atom stereocenters. The van der Waals surface area contributed by atoms with Gasteiger partial charge in [0.25, 0.3) is 14.2 Å². The molecule has 0 saturated carbocycles. The van der Waals surface area contributed by atoms with Crippen LogP contribution in [0, 0.1) is 0 Å². The fourth-order valence-electron chi connectivity index (χ4n) is 5.69. The number of benzene rings is 3. The van der Waals surface area contributed by atoms with E-state index < -0.39 is 25.4 Å². The van der Waals surface area contributed by atoms with Crippen molar-refractivity contribution in [2.45, 2.75) is 48.9 Å². The molecule has 1 amide bonds. The molecule has 1 aliphatic rings. The van der Waals surface area contributed by atoms with Gasteiger partial charge in [0.2, 0.25) is 0 Å². The maximum absolute atomic E-state index is 13.1. The van der Waals surface area contributed by atoms with Crippen LogP contribution in [0.3, 0.4) is 0 Å². The third kappa shape index (κ3) is 6.45. The topological polar surface area (TPSA) is 122 Å². The van der Waals surface area contributed by atoms with E-state index in [4.69, 9.17) is 4.43 Å². The number of anilines is 1. The summed E-state index contributed by atoms with van der Waals surface area (Å²) < 4.78 is 8.61. The van der Waals surface area contributed by atoms with Gasteiger partial charge in [-0.05, 0) is 45.6 Å². The Labute approximate surface area is 256 Å². The first kappa shape index (κ1) is 30.3. The van der Waals surface area contributed by atoms with Crippen LogP contribution in [-0.2, 0) is 4.43 Å². The Hall–Kier alpha value is -4.15. The summed E-state index contributed by atoms with van der Waals surface area (Å²) in [7, 11) is -2.76. The molecule has 0 aliphatic carbocycles. The third-order valence-corrected chi connectivity index (χ3v) is 14.2. The van der Waals surface area contributed by atoms with Crippen LogP contribution >= 0.6 is 11.8 Å². The van der Waals surface area contributed by atoms with Gasteiger partial charge in [-0.1, -0.05) is 105 Å². The van der Waals surface area contributed by atoms with Crippen molar-refractivity contribution >= 4 is 42.2 Å². The molecule has 3 aromatic carbocycles. The number of aromatic nitrogens is 2. The fraction of sp³-hybridized carbons (Fsp3) is 0.281. The van der Waals surface area contributed by atoms with Crippen LogP contribution in [0.15, 0.2) is 113 Å². The summed E-state index contributed by atoms with van der Waals surface area (Å²) in [4.78, 5) is 32.9. The first-order chi connectivity index (χ1) is 20.7. The molecular formula is C32H34N6O3SSi. The number of rotatable bonds is 9. The molecule has 1 fully saturated rings. The highest BCUT2D eigenvalue weighted by Gasteiger charge is 2.51. The molecule has 11 heteroatoms. The number of hydrogen-bond donors (Lipinski definition) is 1. The molecule has 3 atom stereocenters. The summed E-state index contributed by atoms with van der Waals surface area (Å²) in [6.45, 7) is 7.13. The molecule has 4 aromatic rings. The zero-order valence-electron chi connectivity index (χ0n) is 24.3. The fourth-order valence-corrected chi connectivity index (χ4v) is 11.9. The van der Waals surface area contributed by atoms with Crippen molar-refractivity contribution in [3.8, 4) is 0 Å². The van der Waals surface area contributed by atoms with E-state index in [-0.39, 0.29) is 22.0 Å². The quantitative estimate of drug-likeness (QED) is 0.112. The number of carbonyl (C=O) groups excluding carboxylic acids is 1. The minimum atomic E-state index is -2.76. The summed E-state index contributed by atoms with van der Waals surface area (Å²) in [5, 5.41) is 8.45. The van der Waals surface area contributed by atoms with E-state index in [1.54, 1.807) is 48.3 Å². The molecular weight excluding hydrogens is 577 g/mol. The Bertz CT molecular complexity index is 1620. The number of carbonyl (C=O) groups is 1. The number of thioether (sulfide) groups is 1. The number of amides is 1. The van der Waals surface area contributed by atoms with Crippen LogP contribution in [0.5, 0.6) is 0 Å². The first-order valence-corrected chi connectivity index (χ1v) is 17.0. The summed E-state index contributed by atoms with van der Waals surface area (Å²) in [5.74, 6) is -0.196. The second-order valence-electron chi connectivity index (χ2n) is 11.5. The average molecular weight is 611 g/mol. The van der Waals surface area contributed by atoms with Crippen LogP contribution in [0.25, 0.3) is 10.4 Å². The van der Waals surface area contributed by atoms with Gasteiger partial charge in [0, 0.05) is 28.5 Å². The standard InChI is InChI=1S/C32H34N6O3SSi/c1-32(2,3)43(25-15-9-5-10-16-25,26-17-11-6-12-18-26)41-22-24-21-27(36-37-33)30(42-24)38-20-19-28(35-31(38)40)34-29(39)23-13-7-4-8-14-23/h4-20,24,27,30H,21-22H2,1-3H3,(H,34,35,39,40)/t24-,27?,30-/m1/s1.